The number of nitrogens with one attached hydrogen (secondary N) is 1. The fourth-order valence-corrected chi connectivity index (χ4v) is 4.82. The predicted octanol–water partition coefficient (Wildman–Crippen LogP) is 9.34. The van der Waals surface area contributed by atoms with Crippen molar-refractivity contribution in [2.75, 3.05) is 6.61 Å². The first-order chi connectivity index (χ1) is 18.7. The maximum Gasteiger partial charge on any atom is 0.220 e. The first kappa shape index (κ1) is 36.9. The molecule has 224 valence electrons. The standard InChI is InChI=1S/C34H65NO3/c1-3-5-7-9-11-13-15-17-18-20-22-24-26-28-30-34(38)35-32(31-36)33(37)29-27-25-23-21-19-16-14-12-10-8-6-4-2/h15,17,19,21,32-33,36-37H,3-14,16,18,20,22-31H2,1-2H3,(H,35,38)/b17-15+,21-19+/t32-,33+/m0/s1. The van der Waals surface area contributed by atoms with Crippen LogP contribution < -0.4 is 5.32 Å². The van der Waals surface area contributed by atoms with Crippen LogP contribution in [0.15, 0.2) is 24.3 Å². The van der Waals surface area contributed by atoms with Crippen molar-refractivity contribution in [1.82, 2.24) is 5.32 Å². The summed E-state index contributed by atoms with van der Waals surface area (Å²) in [7, 11) is 0. The summed E-state index contributed by atoms with van der Waals surface area (Å²) >= 11 is 0. The summed E-state index contributed by atoms with van der Waals surface area (Å²) in [6.07, 6.45) is 36.5. The van der Waals surface area contributed by atoms with Crippen molar-refractivity contribution in [2.24, 2.45) is 0 Å². The van der Waals surface area contributed by atoms with E-state index >= 15 is 0 Å². The van der Waals surface area contributed by atoms with Gasteiger partial charge in [0.1, 0.15) is 0 Å². The maximum absolute atomic E-state index is 12.3. The minimum absolute atomic E-state index is 0.0532. The topological polar surface area (TPSA) is 69.6 Å². The molecule has 1 amide bonds. The Balaban J connectivity index is 3.65. The van der Waals surface area contributed by atoms with Crippen molar-refractivity contribution in [3.05, 3.63) is 24.3 Å². The zero-order chi connectivity index (χ0) is 27.9. The highest BCUT2D eigenvalue weighted by Gasteiger charge is 2.19. The fourth-order valence-electron chi connectivity index (χ4n) is 4.82. The van der Waals surface area contributed by atoms with Crippen LogP contribution in [0.2, 0.25) is 0 Å². The van der Waals surface area contributed by atoms with Gasteiger partial charge < -0.3 is 15.5 Å². The van der Waals surface area contributed by atoms with Crippen LogP contribution >= 0.6 is 0 Å². The van der Waals surface area contributed by atoms with Gasteiger partial charge in [-0.15, -0.1) is 0 Å². The van der Waals surface area contributed by atoms with Crippen molar-refractivity contribution in [1.29, 1.82) is 0 Å². The number of hydrogen-bond donors (Lipinski definition) is 3. The normalized spacial score (nSPS) is 13.5. The van der Waals surface area contributed by atoms with Crippen LogP contribution in [0.4, 0.5) is 0 Å². The summed E-state index contributed by atoms with van der Waals surface area (Å²) in [5.41, 5.74) is 0. The molecule has 38 heavy (non-hydrogen) atoms. The summed E-state index contributed by atoms with van der Waals surface area (Å²) in [6.45, 7) is 4.30. The van der Waals surface area contributed by atoms with Crippen molar-refractivity contribution in [3.63, 3.8) is 0 Å². The Morgan fingerprint density at radius 2 is 1.00 bits per heavy atom. The number of aliphatic hydroxyl groups excluding tert-OH is 2. The lowest BCUT2D eigenvalue weighted by Crippen LogP contribution is -2.45. The Labute approximate surface area is 237 Å². The lowest BCUT2D eigenvalue weighted by molar-refractivity contribution is -0.123. The largest absolute Gasteiger partial charge is 0.394 e. The molecular weight excluding hydrogens is 470 g/mol. The van der Waals surface area contributed by atoms with Gasteiger partial charge in [0.15, 0.2) is 0 Å². The summed E-state index contributed by atoms with van der Waals surface area (Å²) in [4.78, 5) is 12.3. The molecule has 2 atom stereocenters. The summed E-state index contributed by atoms with van der Waals surface area (Å²) in [6, 6.07) is -0.552. The molecule has 3 N–H and O–H groups in total. The van der Waals surface area contributed by atoms with Gasteiger partial charge in [-0.3, -0.25) is 4.79 Å². The van der Waals surface area contributed by atoms with Gasteiger partial charge in [0.25, 0.3) is 0 Å². The second-order valence-electron chi connectivity index (χ2n) is 11.2. The van der Waals surface area contributed by atoms with Crippen molar-refractivity contribution >= 4 is 5.91 Å². The Morgan fingerprint density at radius 3 is 1.45 bits per heavy atom. The summed E-state index contributed by atoms with van der Waals surface area (Å²) in [5.74, 6) is -0.0532. The van der Waals surface area contributed by atoms with Crippen LogP contribution in [0.5, 0.6) is 0 Å². The van der Waals surface area contributed by atoms with Crippen molar-refractivity contribution in [3.8, 4) is 0 Å². The van der Waals surface area contributed by atoms with Crippen LogP contribution in [0, 0.1) is 0 Å². The van der Waals surface area contributed by atoms with Crippen molar-refractivity contribution < 1.29 is 15.0 Å². The van der Waals surface area contributed by atoms with Gasteiger partial charge in [0.05, 0.1) is 18.8 Å². The number of aliphatic hydroxyl groups is 2. The lowest BCUT2D eigenvalue weighted by Gasteiger charge is -2.22. The smallest absolute Gasteiger partial charge is 0.220 e. The molecule has 0 aliphatic heterocycles. The Bertz CT molecular complexity index is 546. The van der Waals surface area contributed by atoms with Gasteiger partial charge in [-0.25, -0.2) is 0 Å². The first-order valence-corrected chi connectivity index (χ1v) is 16.5. The number of hydrogen-bond acceptors (Lipinski definition) is 3. The number of carbonyl (C=O) groups is 1. The zero-order valence-electron chi connectivity index (χ0n) is 25.4. The number of allylic oxidation sites excluding steroid dienone is 4. The molecule has 0 rings (SSSR count). The molecule has 0 fully saturated rings. The third-order valence-electron chi connectivity index (χ3n) is 7.43. The van der Waals surface area contributed by atoms with Crippen LogP contribution in [0.3, 0.4) is 0 Å². The van der Waals surface area contributed by atoms with Crippen molar-refractivity contribution in [2.45, 2.75) is 180 Å². The van der Waals surface area contributed by atoms with E-state index in [2.05, 4.69) is 43.5 Å². The highest BCUT2D eigenvalue weighted by Crippen LogP contribution is 2.12. The molecule has 0 aromatic heterocycles. The molecular formula is C34H65NO3. The van der Waals surface area contributed by atoms with Crippen LogP contribution in [-0.2, 0) is 4.79 Å². The van der Waals surface area contributed by atoms with Gasteiger partial charge in [-0.1, -0.05) is 122 Å². The monoisotopic (exact) mass is 535 g/mol. The molecule has 0 saturated carbocycles. The summed E-state index contributed by atoms with van der Waals surface area (Å²) < 4.78 is 0. The summed E-state index contributed by atoms with van der Waals surface area (Å²) in [5, 5.41) is 22.9. The SMILES string of the molecule is CCCCCCC/C=C/CCCCCCCC(=O)N[C@@H](CO)[C@H](O)CCCC/C=C/CCCCCCCC. The van der Waals surface area contributed by atoms with E-state index in [1.54, 1.807) is 0 Å². The van der Waals surface area contributed by atoms with E-state index in [0.717, 1.165) is 38.5 Å². The first-order valence-electron chi connectivity index (χ1n) is 16.5. The minimum Gasteiger partial charge on any atom is -0.394 e. The predicted molar refractivity (Wildman–Crippen MR) is 165 cm³/mol. The van der Waals surface area contributed by atoms with Gasteiger partial charge in [0.2, 0.25) is 5.91 Å². The zero-order valence-corrected chi connectivity index (χ0v) is 25.4. The third-order valence-corrected chi connectivity index (χ3v) is 7.43. The van der Waals surface area contributed by atoms with Gasteiger partial charge >= 0.3 is 0 Å². The van der Waals surface area contributed by atoms with Crippen LogP contribution in [0.25, 0.3) is 0 Å². The second-order valence-corrected chi connectivity index (χ2v) is 11.2. The molecule has 0 spiro atoms. The van der Waals surface area contributed by atoms with Crippen LogP contribution in [-0.4, -0.2) is 34.9 Å². The minimum atomic E-state index is -0.680. The molecule has 0 radical (unpaired) electrons. The Morgan fingerprint density at radius 1 is 0.605 bits per heavy atom. The number of amides is 1. The number of unbranched alkanes of at least 4 members (excludes halogenated alkanes) is 18. The molecule has 0 aliphatic carbocycles. The molecule has 4 nitrogen and oxygen atoms in total. The van der Waals surface area contributed by atoms with E-state index in [1.807, 2.05) is 0 Å². The molecule has 0 aromatic rings. The molecule has 0 heterocycles. The average molecular weight is 536 g/mol. The van der Waals surface area contributed by atoms with E-state index in [-0.39, 0.29) is 12.5 Å². The van der Waals surface area contributed by atoms with E-state index < -0.39 is 12.1 Å². The van der Waals surface area contributed by atoms with E-state index in [9.17, 15) is 15.0 Å². The fraction of sp³-hybridized carbons (Fsp3) is 0.853. The molecule has 0 aliphatic rings. The molecule has 0 unspecified atom stereocenters. The van der Waals surface area contributed by atoms with E-state index in [4.69, 9.17) is 0 Å². The Hall–Kier alpha value is -1.13. The quantitative estimate of drug-likeness (QED) is 0.0660. The highest BCUT2D eigenvalue weighted by atomic mass is 16.3. The van der Waals surface area contributed by atoms with E-state index in [1.165, 1.54) is 103 Å². The molecule has 4 heteroatoms. The molecule has 0 bridgehead atoms. The number of carbonyl (C=O) groups excluding carboxylic acids is 1. The van der Waals surface area contributed by atoms with Gasteiger partial charge in [-0.05, 0) is 64.2 Å². The van der Waals surface area contributed by atoms with Crippen LogP contribution in [0.1, 0.15) is 168 Å². The van der Waals surface area contributed by atoms with Gasteiger partial charge in [0, 0.05) is 6.42 Å². The highest BCUT2D eigenvalue weighted by molar-refractivity contribution is 5.76. The third kappa shape index (κ3) is 26.5. The molecule has 0 saturated heterocycles. The van der Waals surface area contributed by atoms with E-state index in [0.29, 0.717) is 12.8 Å². The van der Waals surface area contributed by atoms with Gasteiger partial charge in [-0.2, -0.15) is 0 Å². The second kappa shape index (κ2) is 30.4. The molecule has 0 aromatic carbocycles. The Kier molecular flexibility index (Phi) is 29.5. The lowest BCUT2D eigenvalue weighted by atomic mass is 10.0. The maximum atomic E-state index is 12.3. The average Bonchev–Trinajstić information content (AvgIpc) is 2.92. The number of rotatable bonds is 29.